The average Bonchev–Trinajstić information content (AvgIpc) is 3.73. The number of aliphatic hydroxyl groups excluding tert-OH is 2. The first kappa shape index (κ1) is 38.8. The molecule has 4 rings (SSSR count). The maximum Gasteiger partial charge on any atom is 0.338 e. The lowest BCUT2D eigenvalue weighted by Gasteiger charge is -2.29. The Morgan fingerprint density at radius 3 is 2.35 bits per heavy atom. The molecule has 1 unspecified atom stereocenters. The van der Waals surface area contributed by atoms with Crippen molar-refractivity contribution in [1.29, 1.82) is 0 Å². The minimum Gasteiger partial charge on any atom is -0.462 e. The lowest BCUT2D eigenvalue weighted by atomic mass is 10.1. The number of aromatic nitrogens is 4. The number of halogens is 1. The van der Waals surface area contributed by atoms with Crippen LogP contribution in [0.5, 0.6) is 0 Å². The minimum atomic E-state index is -4.12. The molecule has 2 aliphatic rings. The number of imidazole rings is 1. The van der Waals surface area contributed by atoms with E-state index in [0.717, 1.165) is 30.6 Å². The molecule has 7 atom stereocenters. The maximum absolute atomic E-state index is 14.1. The van der Waals surface area contributed by atoms with Gasteiger partial charge in [0.05, 0.1) is 18.5 Å². The zero-order valence-electron chi connectivity index (χ0n) is 28.4. The first-order valence-corrected chi connectivity index (χ1v) is 18.5. The van der Waals surface area contributed by atoms with Crippen molar-refractivity contribution >= 4 is 53.9 Å². The van der Waals surface area contributed by atoms with Crippen molar-refractivity contribution in [3.8, 4) is 0 Å². The third-order valence-corrected chi connectivity index (χ3v) is 10.4. The quantitative estimate of drug-likeness (QED) is 0.0644. The highest BCUT2D eigenvalue weighted by molar-refractivity contribution is 7.60. The molecule has 2 aromatic rings. The lowest BCUT2D eigenvalue weighted by molar-refractivity contribution is -0.149. The molecule has 3 heterocycles. The highest BCUT2D eigenvalue weighted by Crippen LogP contribution is 2.38. The number of aliphatic hydroxyl groups is 2. The number of esters is 2. The van der Waals surface area contributed by atoms with E-state index in [1.807, 2.05) is 0 Å². The van der Waals surface area contributed by atoms with Gasteiger partial charge in [0.15, 0.2) is 29.4 Å². The SMILES string of the molecule is CC(C)OC(=O)[C@H](C)NP(=O)(CC(=O)N(C)C[C@H]1O[C@@H](n2cnc3c(NC4CCCC4)nc(Cl)nc32)[C@H](O)[C@@H]1O)N[C@@H](N)C(=O)OC(C)C. The molecule has 0 spiro atoms. The number of hydrogen-bond donors (Lipinski definition) is 6. The van der Waals surface area contributed by atoms with Crippen LogP contribution in [0.15, 0.2) is 6.33 Å². The van der Waals surface area contributed by atoms with Gasteiger partial charge in [0.1, 0.15) is 30.5 Å². The molecule has 1 saturated heterocycles. The minimum absolute atomic E-state index is 0.0414. The Morgan fingerprint density at radius 1 is 1.08 bits per heavy atom. The van der Waals surface area contributed by atoms with Gasteiger partial charge >= 0.3 is 11.9 Å². The first-order chi connectivity index (χ1) is 23.0. The highest BCUT2D eigenvalue weighted by atomic mass is 35.5. The van der Waals surface area contributed by atoms with Crippen molar-refractivity contribution < 1.29 is 43.4 Å². The lowest BCUT2D eigenvalue weighted by Crippen LogP contribution is -2.50. The van der Waals surface area contributed by atoms with E-state index in [1.165, 1.54) is 24.9 Å². The molecule has 274 valence electrons. The number of anilines is 1. The number of nitrogens with zero attached hydrogens (tertiary/aromatic N) is 5. The van der Waals surface area contributed by atoms with Crippen molar-refractivity contribution in [2.75, 3.05) is 25.1 Å². The molecule has 1 saturated carbocycles. The fourth-order valence-corrected chi connectivity index (χ4v) is 7.97. The van der Waals surface area contributed by atoms with E-state index in [4.69, 9.17) is 31.5 Å². The summed E-state index contributed by atoms with van der Waals surface area (Å²) < 4.78 is 31.8. The fraction of sp³-hybridized carbons (Fsp3) is 0.724. The Bertz CT molecular complexity index is 1510. The monoisotopic (exact) mass is 731 g/mol. The summed E-state index contributed by atoms with van der Waals surface area (Å²) in [5, 5.41) is 30.3. The zero-order chi connectivity index (χ0) is 36.2. The molecule has 1 aliphatic carbocycles. The van der Waals surface area contributed by atoms with E-state index in [0.29, 0.717) is 11.3 Å². The maximum atomic E-state index is 14.1. The summed E-state index contributed by atoms with van der Waals surface area (Å²) in [5.41, 5.74) is 6.60. The molecule has 7 N–H and O–H groups in total. The summed E-state index contributed by atoms with van der Waals surface area (Å²) in [7, 11) is -2.74. The van der Waals surface area contributed by atoms with E-state index < -0.39 is 80.4 Å². The normalized spacial score (nSPS) is 23.8. The summed E-state index contributed by atoms with van der Waals surface area (Å²) in [4.78, 5) is 52.5. The van der Waals surface area contributed by atoms with Crippen molar-refractivity contribution in [2.45, 2.75) is 115 Å². The number of carbonyl (C=O) groups excluding carboxylic acids is 3. The van der Waals surface area contributed by atoms with Gasteiger partial charge < -0.3 is 40.4 Å². The van der Waals surface area contributed by atoms with Crippen LogP contribution in [-0.4, -0.2) is 121 Å². The van der Waals surface area contributed by atoms with Gasteiger partial charge in [-0.25, -0.2) is 20.0 Å². The Kier molecular flexibility index (Phi) is 13.0. The molecule has 2 fully saturated rings. The third-order valence-electron chi connectivity index (χ3n) is 8.00. The summed E-state index contributed by atoms with van der Waals surface area (Å²) in [5.74, 6) is -1.93. The molecule has 2 aromatic heterocycles. The highest BCUT2D eigenvalue weighted by Gasteiger charge is 2.45. The molecule has 49 heavy (non-hydrogen) atoms. The molecule has 20 heteroatoms. The van der Waals surface area contributed by atoms with Gasteiger partial charge in [-0.1, -0.05) is 12.8 Å². The standard InChI is InChI=1S/C29H47ClN9O9P/c1-14(2)46-27(43)16(5)36-49(45,37-23(31)28(44)47-15(3)4)12-19(40)38(6)11-18-21(41)22(42)26(48-18)39-13-32-20-24(33-17-9-7-8-10-17)34-29(30)35-25(20)39/h13-18,21-23,26,41-42H,7-12,31H2,1-6H3,(H,33,34,35)(H2,36,37,45)/t16-,18+,21+,22+,23+,26+,49?/m0/s1. The Balaban J connectivity index is 1.47. The number of nitrogens with two attached hydrogens (primary N) is 1. The van der Waals surface area contributed by atoms with E-state index >= 15 is 0 Å². The van der Waals surface area contributed by atoms with Gasteiger partial charge in [-0.2, -0.15) is 9.97 Å². The summed E-state index contributed by atoms with van der Waals surface area (Å²) in [6.07, 6.45) is -2.87. The number of rotatable bonds is 15. The van der Waals surface area contributed by atoms with Crippen molar-refractivity contribution in [3.05, 3.63) is 11.6 Å². The zero-order valence-corrected chi connectivity index (χ0v) is 30.1. The Morgan fingerprint density at radius 2 is 1.71 bits per heavy atom. The van der Waals surface area contributed by atoms with Gasteiger partial charge in [0.2, 0.25) is 18.6 Å². The number of hydrogen-bond acceptors (Lipinski definition) is 14. The largest absolute Gasteiger partial charge is 0.462 e. The summed E-state index contributed by atoms with van der Waals surface area (Å²) in [6.45, 7) is 7.65. The molecular weight excluding hydrogens is 685 g/mol. The van der Waals surface area contributed by atoms with Gasteiger partial charge in [-0.15, -0.1) is 0 Å². The van der Waals surface area contributed by atoms with Crippen LogP contribution >= 0.6 is 19.0 Å². The molecule has 18 nitrogen and oxygen atoms in total. The molecule has 1 aliphatic heterocycles. The van der Waals surface area contributed by atoms with Crippen LogP contribution in [0.3, 0.4) is 0 Å². The summed E-state index contributed by atoms with van der Waals surface area (Å²) in [6, 6.07) is -0.937. The Labute approximate surface area is 289 Å². The number of nitrogens with one attached hydrogen (secondary N) is 3. The Hall–Kier alpha value is -2.96. The molecular formula is C29H47ClN9O9P. The second-order valence-electron chi connectivity index (χ2n) is 12.9. The van der Waals surface area contributed by atoms with Crippen molar-refractivity contribution in [2.24, 2.45) is 5.73 Å². The van der Waals surface area contributed by atoms with Crippen LogP contribution in [0.2, 0.25) is 5.28 Å². The van der Waals surface area contributed by atoms with E-state index in [-0.39, 0.29) is 23.5 Å². The number of likely N-dealkylation sites (N-methyl/N-ethyl adjacent to an activating group) is 1. The van der Waals surface area contributed by atoms with Gasteiger partial charge in [0.25, 0.3) is 0 Å². The predicted octanol–water partition coefficient (Wildman–Crippen LogP) is 0.861. The third kappa shape index (κ3) is 9.85. The van der Waals surface area contributed by atoms with Gasteiger partial charge in [-0.3, -0.25) is 18.7 Å². The predicted molar refractivity (Wildman–Crippen MR) is 178 cm³/mol. The average molecular weight is 732 g/mol. The topological polar surface area (TPSA) is 245 Å². The van der Waals surface area contributed by atoms with Crippen molar-refractivity contribution in [1.82, 2.24) is 34.6 Å². The van der Waals surface area contributed by atoms with Crippen LogP contribution in [-0.2, 0) is 33.2 Å². The first-order valence-electron chi connectivity index (χ1n) is 16.2. The second-order valence-corrected chi connectivity index (χ2v) is 15.6. The smallest absolute Gasteiger partial charge is 0.338 e. The van der Waals surface area contributed by atoms with E-state index in [1.54, 1.807) is 27.7 Å². The van der Waals surface area contributed by atoms with Crippen LogP contribution in [0, 0.1) is 0 Å². The molecule has 0 aromatic carbocycles. The fourth-order valence-electron chi connectivity index (χ4n) is 5.64. The molecule has 0 radical (unpaired) electrons. The van der Waals surface area contributed by atoms with Gasteiger partial charge in [-0.05, 0) is 59.1 Å². The number of carbonyl (C=O) groups is 3. The van der Waals surface area contributed by atoms with Crippen LogP contribution in [0.4, 0.5) is 5.82 Å². The second kappa shape index (κ2) is 16.4. The van der Waals surface area contributed by atoms with Crippen LogP contribution in [0.25, 0.3) is 11.2 Å². The summed E-state index contributed by atoms with van der Waals surface area (Å²) >= 11 is 6.24. The van der Waals surface area contributed by atoms with Crippen molar-refractivity contribution in [3.63, 3.8) is 0 Å². The van der Waals surface area contributed by atoms with Crippen LogP contribution < -0.4 is 21.2 Å². The molecule has 1 amide bonds. The number of ether oxygens (including phenoxy) is 3. The van der Waals surface area contributed by atoms with E-state index in [9.17, 15) is 29.2 Å². The van der Waals surface area contributed by atoms with E-state index in [2.05, 4.69) is 30.4 Å². The number of amides is 1. The number of fused-ring (bicyclic) bond motifs is 1. The van der Waals surface area contributed by atoms with Crippen LogP contribution in [0.1, 0.15) is 66.5 Å². The van der Waals surface area contributed by atoms with Gasteiger partial charge in [0, 0.05) is 19.6 Å². The molecule has 0 bridgehead atoms.